The van der Waals surface area contributed by atoms with Crippen molar-refractivity contribution in [1.29, 1.82) is 0 Å². The van der Waals surface area contributed by atoms with Gasteiger partial charge in [0.2, 0.25) is 0 Å². The van der Waals surface area contributed by atoms with Crippen molar-refractivity contribution in [1.82, 2.24) is 5.06 Å². The molecule has 2 atom stereocenters. The highest BCUT2D eigenvalue weighted by molar-refractivity contribution is 5.34. The fourth-order valence-electron chi connectivity index (χ4n) is 2.86. The molecule has 0 N–H and O–H groups in total. The first-order valence-corrected chi connectivity index (χ1v) is 8.70. The molecule has 0 saturated carbocycles. The molecular formula is C21H27NO2. The van der Waals surface area contributed by atoms with Crippen molar-refractivity contribution in [2.75, 3.05) is 6.54 Å². The van der Waals surface area contributed by atoms with E-state index in [2.05, 4.69) is 44.9 Å². The Morgan fingerprint density at radius 1 is 1.04 bits per heavy atom. The molecule has 24 heavy (non-hydrogen) atoms. The lowest BCUT2D eigenvalue weighted by atomic mass is 9.88. The summed E-state index contributed by atoms with van der Waals surface area (Å²) >= 11 is 0. The van der Waals surface area contributed by atoms with Crippen LogP contribution in [0, 0.1) is 5.41 Å². The molecule has 3 rings (SSSR count). The lowest BCUT2D eigenvalue weighted by Gasteiger charge is -2.34. The molecule has 3 nitrogen and oxygen atoms in total. The second kappa shape index (κ2) is 6.96. The Hall–Kier alpha value is -1.84. The van der Waals surface area contributed by atoms with E-state index >= 15 is 0 Å². The minimum Gasteiger partial charge on any atom is -0.457 e. The standard InChI is InChI=1S/C21H27NO2/c1-16(21(2,3)4)22-14-13-20(24-22)17-9-8-12-19(15-17)23-18-10-6-5-7-11-18/h5-12,15-16,20H,13-14H2,1-4H3. The zero-order valence-corrected chi connectivity index (χ0v) is 15.0. The van der Waals surface area contributed by atoms with Crippen LogP contribution in [0.5, 0.6) is 11.5 Å². The minimum atomic E-state index is 0.106. The second-order valence-corrected chi connectivity index (χ2v) is 7.55. The second-order valence-electron chi connectivity index (χ2n) is 7.55. The highest BCUT2D eigenvalue weighted by Crippen LogP contribution is 2.36. The summed E-state index contributed by atoms with van der Waals surface area (Å²) in [4.78, 5) is 6.22. The lowest BCUT2D eigenvalue weighted by molar-refractivity contribution is -0.189. The molecule has 128 valence electrons. The van der Waals surface area contributed by atoms with Crippen molar-refractivity contribution in [2.24, 2.45) is 5.41 Å². The molecule has 2 aromatic rings. The Bertz CT molecular complexity index is 663. The number of nitrogens with zero attached hydrogens (tertiary/aromatic N) is 1. The Labute approximate surface area is 145 Å². The third-order valence-electron chi connectivity index (χ3n) is 4.77. The molecule has 0 spiro atoms. The fourth-order valence-corrected chi connectivity index (χ4v) is 2.86. The summed E-state index contributed by atoms with van der Waals surface area (Å²) in [5.74, 6) is 1.70. The fraction of sp³-hybridized carbons (Fsp3) is 0.429. The largest absolute Gasteiger partial charge is 0.457 e. The van der Waals surface area contributed by atoms with Gasteiger partial charge in [-0.3, -0.25) is 4.84 Å². The molecule has 1 aliphatic rings. The number of hydrogen-bond donors (Lipinski definition) is 0. The van der Waals surface area contributed by atoms with E-state index in [0.29, 0.717) is 6.04 Å². The van der Waals surface area contributed by atoms with E-state index < -0.39 is 0 Å². The summed E-state index contributed by atoms with van der Waals surface area (Å²) in [6.45, 7) is 9.96. The third kappa shape index (κ3) is 3.97. The summed E-state index contributed by atoms with van der Waals surface area (Å²) in [6, 6.07) is 18.5. The van der Waals surface area contributed by atoms with Crippen molar-refractivity contribution < 1.29 is 9.57 Å². The van der Waals surface area contributed by atoms with E-state index in [9.17, 15) is 0 Å². The first-order valence-electron chi connectivity index (χ1n) is 8.70. The van der Waals surface area contributed by atoms with Gasteiger partial charge in [-0.1, -0.05) is 51.1 Å². The predicted octanol–water partition coefficient (Wildman–Crippen LogP) is 5.59. The smallest absolute Gasteiger partial charge is 0.127 e. The Morgan fingerprint density at radius 2 is 1.75 bits per heavy atom. The van der Waals surface area contributed by atoms with E-state index in [1.54, 1.807) is 0 Å². The highest BCUT2D eigenvalue weighted by atomic mass is 16.7. The van der Waals surface area contributed by atoms with E-state index in [0.717, 1.165) is 24.5 Å². The van der Waals surface area contributed by atoms with Crippen LogP contribution < -0.4 is 4.74 Å². The molecule has 0 amide bonds. The van der Waals surface area contributed by atoms with Crippen LogP contribution in [0.15, 0.2) is 54.6 Å². The van der Waals surface area contributed by atoms with Crippen LogP contribution >= 0.6 is 0 Å². The number of ether oxygens (including phenoxy) is 1. The van der Waals surface area contributed by atoms with Crippen molar-refractivity contribution >= 4 is 0 Å². The van der Waals surface area contributed by atoms with Gasteiger partial charge >= 0.3 is 0 Å². The average molecular weight is 325 g/mol. The van der Waals surface area contributed by atoms with Gasteiger partial charge < -0.3 is 4.74 Å². The van der Waals surface area contributed by atoms with E-state index in [-0.39, 0.29) is 11.5 Å². The molecule has 1 aliphatic heterocycles. The first kappa shape index (κ1) is 17.0. The normalized spacial score (nSPS) is 20.1. The highest BCUT2D eigenvalue weighted by Gasteiger charge is 2.34. The summed E-state index contributed by atoms with van der Waals surface area (Å²) in [5, 5.41) is 2.13. The molecule has 3 heteroatoms. The molecule has 0 bridgehead atoms. The van der Waals surface area contributed by atoms with E-state index in [1.165, 1.54) is 5.56 Å². The Morgan fingerprint density at radius 3 is 2.46 bits per heavy atom. The van der Waals surface area contributed by atoms with Crippen LogP contribution in [0.1, 0.15) is 45.8 Å². The van der Waals surface area contributed by atoms with Gasteiger partial charge in [0.05, 0.1) is 0 Å². The number of benzene rings is 2. The zero-order chi connectivity index (χ0) is 17.2. The molecule has 0 aliphatic carbocycles. The predicted molar refractivity (Wildman–Crippen MR) is 97.0 cm³/mol. The van der Waals surface area contributed by atoms with E-state index in [4.69, 9.17) is 9.57 Å². The molecule has 1 fully saturated rings. The molecule has 2 aromatic carbocycles. The Balaban J connectivity index is 1.69. The number of hydrogen-bond acceptors (Lipinski definition) is 3. The molecule has 1 heterocycles. The minimum absolute atomic E-state index is 0.106. The van der Waals surface area contributed by atoms with Gasteiger partial charge in [0.15, 0.2) is 0 Å². The zero-order valence-electron chi connectivity index (χ0n) is 15.0. The molecule has 0 aromatic heterocycles. The van der Waals surface area contributed by atoms with Gasteiger partial charge in [-0.15, -0.1) is 0 Å². The maximum absolute atomic E-state index is 6.22. The van der Waals surface area contributed by atoms with Crippen LogP contribution in [-0.2, 0) is 4.84 Å². The maximum atomic E-state index is 6.22. The van der Waals surface area contributed by atoms with Crippen LogP contribution in [0.4, 0.5) is 0 Å². The number of hydroxylamine groups is 2. The average Bonchev–Trinajstić information content (AvgIpc) is 3.04. The van der Waals surface area contributed by atoms with Gasteiger partial charge in [-0.05, 0) is 48.6 Å². The quantitative estimate of drug-likeness (QED) is 0.731. The SMILES string of the molecule is CC(N1CCC(c2cccc(Oc3ccccc3)c2)O1)C(C)(C)C. The molecule has 0 radical (unpaired) electrons. The van der Waals surface area contributed by atoms with Gasteiger partial charge in [-0.2, -0.15) is 5.06 Å². The van der Waals surface area contributed by atoms with Gasteiger partial charge in [-0.25, -0.2) is 0 Å². The van der Waals surface area contributed by atoms with Gasteiger partial charge in [0.25, 0.3) is 0 Å². The van der Waals surface area contributed by atoms with Crippen molar-refractivity contribution in [3.05, 3.63) is 60.2 Å². The van der Waals surface area contributed by atoms with Crippen molar-refractivity contribution in [2.45, 2.75) is 46.3 Å². The first-order chi connectivity index (χ1) is 11.4. The monoisotopic (exact) mass is 325 g/mol. The van der Waals surface area contributed by atoms with Gasteiger partial charge in [0.1, 0.15) is 17.6 Å². The summed E-state index contributed by atoms with van der Waals surface area (Å²) < 4.78 is 5.94. The topological polar surface area (TPSA) is 21.7 Å². The number of rotatable bonds is 4. The maximum Gasteiger partial charge on any atom is 0.127 e. The summed E-state index contributed by atoms with van der Waals surface area (Å²) in [6.07, 6.45) is 1.11. The van der Waals surface area contributed by atoms with Crippen LogP contribution in [0.2, 0.25) is 0 Å². The van der Waals surface area contributed by atoms with Crippen LogP contribution in [-0.4, -0.2) is 17.6 Å². The molecular weight excluding hydrogens is 298 g/mol. The summed E-state index contributed by atoms with van der Waals surface area (Å²) in [7, 11) is 0. The summed E-state index contributed by atoms with van der Waals surface area (Å²) in [5.41, 5.74) is 1.37. The molecule has 1 saturated heterocycles. The van der Waals surface area contributed by atoms with Crippen LogP contribution in [0.25, 0.3) is 0 Å². The lowest BCUT2D eigenvalue weighted by Crippen LogP contribution is -2.39. The van der Waals surface area contributed by atoms with Crippen molar-refractivity contribution in [3.8, 4) is 11.5 Å². The van der Waals surface area contributed by atoms with Crippen molar-refractivity contribution in [3.63, 3.8) is 0 Å². The van der Waals surface area contributed by atoms with Gasteiger partial charge in [0, 0.05) is 12.6 Å². The van der Waals surface area contributed by atoms with Crippen LogP contribution in [0.3, 0.4) is 0 Å². The number of para-hydroxylation sites is 1. The Kier molecular flexibility index (Phi) is 4.93. The third-order valence-corrected chi connectivity index (χ3v) is 4.77. The van der Waals surface area contributed by atoms with E-state index in [1.807, 2.05) is 42.5 Å². The molecule has 2 unspecified atom stereocenters.